The molecule has 4 aromatic heterocycles. The number of nitrogens with two attached hydrogens (primary N) is 1. The molecule has 43 heavy (non-hydrogen) atoms. The topological polar surface area (TPSA) is 96.9 Å². The number of hydrogen-bond acceptors (Lipinski definition) is 6. The molecule has 0 amide bonds. The summed E-state index contributed by atoms with van der Waals surface area (Å²) in [4.78, 5) is 12.9. The third kappa shape index (κ3) is 8.94. The van der Waals surface area contributed by atoms with Crippen LogP contribution in [-0.4, -0.2) is 24.6 Å². The van der Waals surface area contributed by atoms with Crippen molar-refractivity contribution in [2.45, 2.75) is 77.2 Å². The maximum absolute atomic E-state index is 13.7. The molecule has 0 saturated heterocycles. The Kier molecular flexibility index (Phi) is 13.8. The normalized spacial score (nSPS) is 11.6. The maximum Gasteiger partial charge on any atom is 0.173 e. The summed E-state index contributed by atoms with van der Waals surface area (Å²) in [7, 11) is 0. The largest absolute Gasteiger partial charge is 0.405 e. The zero-order valence-corrected chi connectivity index (χ0v) is 26.5. The van der Waals surface area contributed by atoms with Crippen molar-refractivity contribution in [3.8, 4) is 0 Å². The maximum atomic E-state index is 13.7. The Morgan fingerprint density at radius 1 is 1.19 bits per heavy atom. The lowest BCUT2D eigenvalue weighted by Gasteiger charge is -2.18. The molecule has 0 radical (unpaired) electrons. The second-order valence-corrected chi connectivity index (χ2v) is 10.5. The average Bonchev–Trinajstić information content (AvgIpc) is 3.69. The number of H-pyrrole nitrogens is 1. The first-order valence-electron chi connectivity index (χ1n) is 15.0. The van der Waals surface area contributed by atoms with Gasteiger partial charge in [-0.15, -0.1) is 0 Å². The van der Waals surface area contributed by atoms with Crippen LogP contribution in [0.25, 0.3) is 22.1 Å². The van der Waals surface area contributed by atoms with Crippen molar-refractivity contribution in [1.29, 1.82) is 0 Å². The van der Waals surface area contributed by atoms with Crippen LogP contribution in [0.1, 0.15) is 82.5 Å². The first-order chi connectivity index (χ1) is 21.1. The van der Waals surface area contributed by atoms with Crippen LogP contribution in [0.15, 0.2) is 91.0 Å². The zero-order valence-electron chi connectivity index (χ0n) is 25.7. The van der Waals surface area contributed by atoms with Gasteiger partial charge in [0.2, 0.25) is 0 Å². The highest BCUT2D eigenvalue weighted by molar-refractivity contribution is 7.94. The zero-order chi connectivity index (χ0) is 31.0. The van der Waals surface area contributed by atoms with Crippen molar-refractivity contribution in [1.82, 2.24) is 24.6 Å². The predicted octanol–water partition coefficient (Wildman–Crippen LogP) is 9.47. The van der Waals surface area contributed by atoms with Gasteiger partial charge >= 0.3 is 0 Å². The summed E-state index contributed by atoms with van der Waals surface area (Å²) < 4.78 is 15.4. The van der Waals surface area contributed by atoms with Crippen molar-refractivity contribution in [2.24, 2.45) is 5.73 Å². The molecule has 1 unspecified atom stereocenters. The van der Waals surface area contributed by atoms with Crippen LogP contribution in [0.5, 0.6) is 0 Å². The lowest BCUT2D eigenvalue weighted by molar-refractivity contribution is 0.539. The van der Waals surface area contributed by atoms with E-state index in [1.54, 1.807) is 16.8 Å². The van der Waals surface area contributed by atoms with Gasteiger partial charge in [0.15, 0.2) is 5.65 Å². The molecule has 1 aromatic carbocycles. The standard InChI is InChI=1S/C29H31FN6S.C3H7N.C2H6/c1-3-8-22(11-6-9-20(2)24-18-32-25-13-5-4-12-23(24)25)26-15-28(33-17-21-10-7-14-31-16-21)36-29(35-26)27(37-30)19-34-36;1-2-3-4;1-2/h4-5,7,10,12-16,18-19,22,32-33H,2-3,6,8-9,11,17H2,1H3;2-3H,4H2,1H3;1-2H3/b;3-2-;. The van der Waals surface area contributed by atoms with E-state index in [4.69, 9.17) is 10.7 Å². The number of nitrogens with zero attached hydrogens (tertiary/aromatic N) is 4. The smallest absolute Gasteiger partial charge is 0.173 e. The fourth-order valence-electron chi connectivity index (χ4n) is 4.90. The molecule has 5 aromatic rings. The highest BCUT2D eigenvalue weighted by Crippen LogP contribution is 2.33. The van der Waals surface area contributed by atoms with Crippen LogP contribution in [0.2, 0.25) is 0 Å². The molecule has 0 aliphatic heterocycles. The minimum absolute atomic E-state index is 0.185. The van der Waals surface area contributed by atoms with Crippen molar-refractivity contribution < 1.29 is 3.89 Å². The number of aromatic nitrogens is 5. The lowest BCUT2D eigenvalue weighted by atomic mass is 9.91. The first-order valence-corrected chi connectivity index (χ1v) is 15.7. The molecule has 4 heterocycles. The van der Waals surface area contributed by atoms with E-state index in [0.29, 0.717) is 17.1 Å². The van der Waals surface area contributed by atoms with E-state index in [-0.39, 0.29) is 18.1 Å². The van der Waals surface area contributed by atoms with Gasteiger partial charge in [-0.25, -0.2) is 4.98 Å². The van der Waals surface area contributed by atoms with Crippen molar-refractivity contribution >= 4 is 40.1 Å². The van der Waals surface area contributed by atoms with Gasteiger partial charge in [0, 0.05) is 59.3 Å². The van der Waals surface area contributed by atoms with Gasteiger partial charge in [0.05, 0.1) is 18.3 Å². The molecule has 0 aliphatic carbocycles. The number of hydrogen-bond donors (Lipinski definition) is 3. The number of anilines is 1. The van der Waals surface area contributed by atoms with E-state index >= 15 is 0 Å². The van der Waals surface area contributed by atoms with E-state index < -0.39 is 0 Å². The SMILES string of the molecule is C/C=C\N.C=C(CCCC(CCC)c1cc(NCc2cccnc2)n2ncc(SF)c2n1)c1c[nH]c2ccccc12.CC. The minimum atomic E-state index is 0.185. The number of benzene rings is 1. The van der Waals surface area contributed by atoms with Crippen molar-refractivity contribution in [3.63, 3.8) is 0 Å². The van der Waals surface area contributed by atoms with Crippen molar-refractivity contribution in [3.05, 3.63) is 103 Å². The van der Waals surface area contributed by atoms with Crippen LogP contribution >= 0.6 is 12.1 Å². The van der Waals surface area contributed by atoms with E-state index in [1.165, 1.54) is 23.3 Å². The Hall–Kier alpha value is -4.11. The van der Waals surface area contributed by atoms with E-state index in [1.807, 2.05) is 45.2 Å². The van der Waals surface area contributed by atoms with Crippen LogP contribution in [-0.2, 0) is 6.54 Å². The van der Waals surface area contributed by atoms with Crippen molar-refractivity contribution in [2.75, 3.05) is 5.32 Å². The van der Waals surface area contributed by atoms with Gasteiger partial charge in [-0.1, -0.05) is 64.1 Å². The van der Waals surface area contributed by atoms with E-state index in [2.05, 4.69) is 64.3 Å². The molecule has 0 fully saturated rings. The molecule has 7 nitrogen and oxygen atoms in total. The number of halogens is 1. The van der Waals surface area contributed by atoms with Gasteiger partial charge in [0.1, 0.15) is 10.7 Å². The predicted molar refractivity (Wildman–Crippen MR) is 181 cm³/mol. The number of para-hydroxylation sites is 1. The fourth-order valence-corrected chi connectivity index (χ4v) is 5.18. The summed E-state index contributed by atoms with van der Waals surface area (Å²) in [6, 6.07) is 14.3. The van der Waals surface area contributed by atoms with Crippen LogP contribution in [0, 0.1) is 0 Å². The number of fused-ring (bicyclic) bond motifs is 2. The summed E-state index contributed by atoms with van der Waals surface area (Å²) in [5.74, 6) is 1.06. The highest BCUT2D eigenvalue weighted by Gasteiger charge is 2.19. The third-order valence-corrected chi connectivity index (χ3v) is 7.44. The number of pyridine rings is 1. The molecular weight excluding hydrogens is 557 g/mol. The van der Waals surface area contributed by atoms with Crippen LogP contribution < -0.4 is 11.1 Å². The fraction of sp³-hybridized carbons (Fsp3) is 0.324. The Morgan fingerprint density at radius 3 is 2.67 bits per heavy atom. The Bertz CT molecular complexity index is 1570. The number of nitrogens with one attached hydrogen (secondary N) is 2. The van der Waals surface area contributed by atoms with E-state index in [9.17, 15) is 3.89 Å². The molecule has 5 rings (SSSR count). The Labute approximate surface area is 259 Å². The summed E-state index contributed by atoms with van der Waals surface area (Å²) >= 11 is 0.185. The number of aromatic amines is 1. The Balaban J connectivity index is 0.000000780. The van der Waals surface area contributed by atoms with Gasteiger partial charge in [-0.3, -0.25) is 4.98 Å². The van der Waals surface area contributed by atoms with E-state index in [0.717, 1.165) is 60.3 Å². The summed E-state index contributed by atoms with van der Waals surface area (Å²) in [5, 5.41) is 9.06. The molecule has 4 N–H and O–H groups in total. The average molecular weight is 602 g/mol. The molecule has 0 spiro atoms. The molecule has 1 atom stereocenters. The molecular formula is C34H44FN7S. The third-order valence-electron chi connectivity index (χ3n) is 6.99. The number of rotatable bonds is 12. The lowest BCUT2D eigenvalue weighted by Crippen LogP contribution is -2.10. The highest BCUT2D eigenvalue weighted by atomic mass is 32.2. The van der Waals surface area contributed by atoms with Gasteiger partial charge in [0.25, 0.3) is 0 Å². The van der Waals surface area contributed by atoms with Crippen LogP contribution in [0.3, 0.4) is 0 Å². The molecule has 0 bridgehead atoms. The van der Waals surface area contributed by atoms with Crippen LogP contribution in [0.4, 0.5) is 9.70 Å². The molecule has 228 valence electrons. The second-order valence-electron chi connectivity index (χ2n) is 9.86. The second kappa shape index (κ2) is 17.8. The van der Waals surface area contributed by atoms with Gasteiger partial charge in [-0.05, 0) is 62.1 Å². The summed E-state index contributed by atoms with van der Waals surface area (Å²) in [6.07, 6.45) is 15.4. The molecule has 0 saturated carbocycles. The Morgan fingerprint density at radius 2 is 1.98 bits per heavy atom. The summed E-state index contributed by atoms with van der Waals surface area (Å²) in [6.45, 7) is 13.0. The first kappa shape index (κ1) is 33.4. The molecule has 0 aliphatic rings. The summed E-state index contributed by atoms with van der Waals surface area (Å²) in [5.41, 5.74) is 10.9. The molecule has 9 heteroatoms. The number of allylic oxidation sites excluding steroid dienone is 2. The van der Waals surface area contributed by atoms with Gasteiger partial charge in [-0.2, -0.15) is 13.5 Å². The van der Waals surface area contributed by atoms with Gasteiger partial charge < -0.3 is 16.0 Å². The quantitative estimate of drug-likeness (QED) is 0.132. The minimum Gasteiger partial charge on any atom is -0.405 e. The monoisotopic (exact) mass is 601 g/mol.